The summed E-state index contributed by atoms with van der Waals surface area (Å²) in [4.78, 5) is 11.0. The van der Waals surface area contributed by atoms with Crippen LogP contribution in [0.25, 0.3) is 0 Å². The zero-order chi connectivity index (χ0) is 11.8. The van der Waals surface area contributed by atoms with Crippen LogP contribution < -0.4 is 5.32 Å². The third-order valence-corrected chi connectivity index (χ3v) is 2.91. The van der Waals surface area contributed by atoms with Gasteiger partial charge in [0.05, 0.1) is 12.7 Å². The van der Waals surface area contributed by atoms with Crippen LogP contribution in [0.1, 0.15) is 45.4 Å². The Morgan fingerprint density at radius 3 is 2.75 bits per heavy atom. The summed E-state index contributed by atoms with van der Waals surface area (Å²) in [5.41, 5.74) is 0. The molecule has 0 amide bonds. The molecule has 0 spiro atoms. The third kappa shape index (κ3) is 5.47. The Balaban J connectivity index is 1.79. The molecular weight excluding hydrogens is 206 g/mol. The van der Waals surface area contributed by atoms with Gasteiger partial charge in [0.2, 0.25) is 0 Å². The molecule has 1 rings (SSSR count). The molecule has 16 heavy (non-hydrogen) atoms. The van der Waals surface area contributed by atoms with Gasteiger partial charge in [-0.3, -0.25) is 4.79 Å². The summed E-state index contributed by atoms with van der Waals surface area (Å²) in [6, 6.07) is 0.514. The fourth-order valence-corrected chi connectivity index (χ4v) is 1.86. The molecule has 0 aromatic rings. The van der Waals surface area contributed by atoms with Crippen LogP contribution in [-0.4, -0.2) is 36.4 Å². The van der Waals surface area contributed by atoms with Crippen LogP contribution in [0.2, 0.25) is 0 Å². The van der Waals surface area contributed by atoms with Gasteiger partial charge in [0.25, 0.3) is 0 Å². The number of hydrogen-bond acceptors (Lipinski definition) is 4. The molecule has 1 aliphatic rings. The second-order valence-corrected chi connectivity index (χ2v) is 4.39. The number of unbranched alkanes of at least 4 members (excludes halogenated alkanes) is 2. The number of nitrogens with one attached hydrogen (secondary N) is 1. The minimum Gasteiger partial charge on any atom is -0.466 e. The Morgan fingerprint density at radius 1 is 1.38 bits per heavy atom. The van der Waals surface area contributed by atoms with E-state index in [4.69, 9.17) is 9.84 Å². The molecule has 2 N–H and O–H groups in total. The monoisotopic (exact) mass is 229 g/mol. The first-order chi connectivity index (χ1) is 7.72. The predicted octanol–water partition coefficient (Wildman–Crippen LogP) is 1.22. The first-order valence-corrected chi connectivity index (χ1v) is 6.29. The van der Waals surface area contributed by atoms with E-state index >= 15 is 0 Å². The highest BCUT2D eigenvalue weighted by atomic mass is 16.5. The molecule has 0 bridgehead atoms. The maximum Gasteiger partial charge on any atom is 0.305 e. The molecule has 4 nitrogen and oxygen atoms in total. The number of hydrogen-bond donors (Lipinski definition) is 2. The lowest BCUT2D eigenvalue weighted by atomic mass is 9.89. The van der Waals surface area contributed by atoms with Crippen molar-refractivity contribution < 1.29 is 14.6 Å². The van der Waals surface area contributed by atoms with E-state index in [2.05, 4.69) is 5.32 Å². The van der Waals surface area contributed by atoms with Crippen molar-refractivity contribution in [2.45, 2.75) is 57.6 Å². The second-order valence-electron chi connectivity index (χ2n) is 4.39. The number of carbonyl (C=O) groups excluding carboxylic acids is 1. The van der Waals surface area contributed by atoms with Crippen LogP contribution in [0, 0.1) is 0 Å². The van der Waals surface area contributed by atoms with Gasteiger partial charge in [-0.1, -0.05) is 6.42 Å². The Hall–Kier alpha value is -0.610. The minimum absolute atomic E-state index is 0.0821. The highest BCUT2D eigenvalue weighted by Gasteiger charge is 2.25. The van der Waals surface area contributed by atoms with Gasteiger partial charge in [-0.25, -0.2) is 0 Å². The first-order valence-electron chi connectivity index (χ1n) is 6.29. The summed E-state index contributed by atoms with van der Waals surface area (Å²) in [5, 5.41) is 12.5. The van der Waals surface area contributed by atoms with E-state index in [0.717, 1.165) is 38.6 Å². The van der Waals surface area contributed by atoms with E-state index < -0.39 is 0 Å². The van der Waals surface area contributed by atoms with Crippen molar-refractivity contribution in [1.82, 2.24) is 5.32 Å². The van der Waals surface area contributed by atoms with E-state index in [0.29, 0.717) is 19.1 Å². The van der Waals surface area contributed by atoms with Crippen LogP contribution >= 0.6 is 0 Å². The van der Waals surface area contributed by atoms with Gasteiger partial charge < -0.3 is 15.2 Å². The van der Waals surface area contributed by atoms with E-state index in [1.165, 1.54) is 0 Å². The average molecular weight is 229 g/mol. The van der Waals surface area contributed by atoms with Crippen molar-refractivity contribution >= 4 is 5.97 Å². The quantitative estimate of drug-likeness (QED) is 0.485. The molecule has 0 aromatic carbocycles. The van der Waals surface area contributed by atoms with Crippen LogP contribution in [0.4, 0.5) is 0 Å². The Kier molecular flexibility index (Phi) is 6.42. The molecule has 4 heteroatoms. The van der Waals surface area contributed by atoms with Gasteiger partial charge >= 0.3 is 5.97 Å². The normalized spacial score (nSPS) is 23.9. The van der Waals surface area contributed by atoms with Crippen molar-refractivity contribution in [2.75, 3.05) is 13.2 Å². The standard InChI is InChI=1S/C12H23NO3/c1-2-16-12(15)6-4-3-5-7-13-10-8-11(14)9-10/h10-11,13-14H,2-9H2,1H3. The van der Waals surface area contributed by atoms with Gasteiger partial charge in [0, 0.05) is 12.5 Å². The summed E-state index contributed by atoms with van der Waals surface area (Å²) < 4.78 is 4.84. The van der Waals surface area contributed by atoms with Gasteiger partial charge in [-0.05, 0) is 39.2 Å². The lowest BCUT2D eigenvalue weighted by molar-refractivity contribution is -0.143. The molecule has 0 radical (unpaired) electrons. The van der Waals surface area contributed by atoms with Gasteiger partial charge in [0.1, 0.15) is 0 Å². The van der Waals surface area contributed by atoms with Crippen molar-refractivity contribution in [3.8, 4) is 0 Å². The number of ether oxygens (including phenoxy) is 1. The largest absolute Gasteiger partial charge is 0.466 e. The van der Waals surface area contributed by atoms with E-state index in [1.807, 2.05) is 6.92 Å². The highest BCUT2D eigenvalue weighted by Crippen LogP contribution is 2.19. The summed E-state index contributed by atoms with van der Waals surface area (Å²) in [7, 11) is 0. The van der Waals surface area contributed by atoms with Crippen LogP contribution in [-0.2, 0) is 9.53 Å². The van der Waals surface area contributed by atoms with E-state index in [-0.39, 0.29) is 12.1 Å². The number of esters is 1. The maximum absolute atomic E-state index is 11.0. The minimum atomic E-state index is -0.0856. The molecule has 1 fully saturated rings. The number of carbonyl (C=O) groups is 1. The fourth-order valence-electron chi connectivity index (χ4n) is 1.86. The van der Waals surface area contributed by atoms with Crippen LogP contribution in [0.15, 0.2) is 0 Å². The van der Waals surface area contributed by atoms with Gasteiger partial charge in [-0.15, -0.1) is 0 Å². The third-order valence-electron chi connectivity index (χ3n) is 2.91. The SMILES string of the molecule is CCOC(=O)CCCCCNC1CC(O)C1. The van der Waals surface area contributed by atoms with Crippen molar-refractivity contribution in [3.63, 3.8) is 0 Å². The summed E-state index contributed by atoms with van der Waals surface area (Å²) >= 11 is 0. The molecule has 0 aliphatic heterocycles. The lowest BCUT2D eigenvalue weighted by Crippen LogP contribution is -2.44. The first kappa shape index (κ1) is 13.5. The molecule has 0 atom stereocenters. The average Bonchev–Trinajstić information content (AvgIpc) is 2.20. The Bertz CT molecular complexity index is 202. The summed E-state index contributed by atoms with van der Waals surface area (Å²) in [6.07, 6.45) is 5.30. The van der Waals surface area contributed by atoms with Crippen molar-refractivity contribution in [1.29, 1.82) is 0 Å². The maximum atomic E-state index is 11.0. The molecule has 0 heterocycles. The van der Waals surface area contributed by atoms with Gasteiger partial charge in [0.15, 0.2) is 0 Å². The molecule has 1 saturated carbocycles. The Morgan fingerprint density at radius 2 is 2.12 bits per heavy atom. The number of rotatable bonds is 8. The van der Waals surface area contributed by atoms with Crippen molar-refractivity contribution in [2.24, 2.45) is 0 Å². The molecule has 0 unspecified atom stereocenters. The van der Waals surface area contributed by atoms with Crippen molar-refractivity contribution in [3.05, 3.63) is 0 Å². The summed E-state index contributed by atoms with van der Waals surface area (Å²) in [5.74, 6) is -0.0856. The zero-order valence-corrected chi connectivity index (χ0v) is 10.1. The number of aliphatic hydroxyl groups is 1. The van der Waals surface area contributed by atoms with Crippen LogP contribution in [0.5, 0.6) is 0 Å². The zero-order valence-electron chi connectivity index (χ0n) is 10.1. The molecule has 1 aliphatic carbocycles. The van der Waals surface area contributed by atoms with Gasteiger partial charge in [-0.2, -0.15) is 0 Å². The number of aliphatic hydroxyl groups excluding tert-OH is 1. The smallest absolute Gasteiger partial charge is 0.305 e. The van der Waals surface area contributed by atoms with Crippen LogP contribution in [0.3, 0.4) is 0 Å². The van der Waals surface area contributed by atoms with E-state index in [1.54, 1.807) is 0 Å². The lowest BCUT2D eigenvalue weighted by Gasteiger charge is -2.32. The predicted molar refractivity (Wildman–Crippen MR) is 62.1 cm³/mol. The molecular formula is C12H23NO3. The molecule has 0 aromatic heterocycles. The summed E-state index contributed by atoms with van der Waals surface area (Å²) in [6.45, 7) is 3.29. The molecule has 0 saturated heterocycles. The Labute approximate surface area is 97.4 Å². The topological polar surface area (TPSA) is 58.6 Å². The molecule has 94 valence electrons. The fraction of sp³-hybridized carbons (Fsp3) is 0.917. The second kappa shape index (κ2) is 7.63. The highest BCUT2D eigenvalue weighted by molar-refractivity contribution is 5.69. The van der Waals surface area contributed by atoms with E-state index in [9.17, 15) is 4.79 Å².